The number of halogens is 5. The Balaban J connectivity index is 2.88. The second-order valence-electron chi connectivity index (χ2n) is 6.04. The van der Waals surface area contributed by atoms with E-state index in [1.54, 1.807) is 44.2 Å². The molecule has 0 fully saturated rings. The van der Waals surface area contributed by atoms with Crippen LogP contribution in [-0.4, -0.2) is 20.8 Å². The fourth-order valence-electron chi connectivity index (χ4n) is 2.87. The number of allylic oxidation sites excluding steroid dienone is 2. The zero-order chi connectivity index (χ0) is 18.9. The molecule has 1 radical (unpaired) electrons. The highest BCUT2D eigenvalue weighted by atomic mass is 19.2. The summed E-state index contributed by atoms with van der Waals surface area (Å²) in [7, 11) is 3.64. The van der Waals surface area contributed by atoms with Crippen LogP contribution in [0.2, 0.25) is 0 Å². The van der Waals surface area contributed by atoms with Crippen LogP contribution >= 0.6 is 0 Å². The van der Waals surface area contributed by atoms with E-state index in [1.807, 2.05) is 14.1 Å². The molecule has 2 rings (SSSR count). The maximum Gasteiger partial charge on any atom is 0.200 e. The Kier molecular flexibility index (Phi) is 5.67. The quantitative estimate of drug-likeness (QED) is 0.372. The summed E-state index contributed by atoms with van der Waals surface area (Å²) in [5.41, 5.74) is 0.844. The molecule has 0 saturated heterocycles. The third-order valence-electron chi connectivity index (χ3n) is 4.25. The van der Waals surface area contributed by atoms with Crippen LogP contribution < -0.4 is 15.8 Å². The summed E-state index contributed by atoms with van der Waals surface area (Å²) >= 11 is 0. The Labute approximate surface area is 143 Å². The standard InChI is InChI=1S/C18H17BF5N/c1-5-10(2)19(11-8-6-7-9-12(11)25(3)4)13-14(20)16(22)18(24)17(23)15(13)21/h5-9H,1-4H3/q-1/p+1/b10-5+. The highest BCUT2D eigenvalue weighted by Gasteiger charge is 2.26. The minimum atomic E-state index is -2.15. The lowest BCUT2D eigenvalue weighted by Crippen LogP contribution is -3.01. The molecule has 133 valence electrons. The van der Waals surface area contributed by atoms with Crippen molar-refractivity contribution in [3.63, 3.8) is 0 Å². The van der Waals surface area contributed by atoms with Crippen LogP contribution in [0.15, 0.2) is 35.8 Å². The summed E-state index contributed by atoms with van der Waals surface area (Å²) in [5.74, 6) is -9.62. The van der Waals surface area contributed by atoms with Crippen molar-refractivity contribution in [3.8, 4) is 0 Å². The van der Waals surface area contributed by atoms with Crippen molar-refractivity contribution >= 4 is 23.3 Å². The number of nitrogens with one attached hydrogen (secondary N) is 1. The maximum atomic E-state index is 14.4. The van der Waals surface area contributed by atoms with E-state index < -0.39 is 41.3 Å². The van der Waals surface area contributed by atoms with Gasteiger partial charge in [0, 0.05) is 0 Å². The van der Waals surface area contributed by atoms with Gasteiger partial charge in [0.1, 0.15) is 11.6 Å². The zero-order valence-electron chi connectivity index (χ0n) is 14.4. The number of hydrogen-bond acceptors (Lipinski definition) is 0. The van der Waals surface area contributed by atoms with Gasteiger partial charge in [-0.3, -0.25) is 5.47 Å². The Morgan fingerprint density at radius 1 is 0.880 bits per heavy atom. The van der Waals surface area contributed by atoms with E-state index in [9.17, 15) is 22.0 Å². The second-order valence-corrected chi connectivity index (χ2v) is 6.04. The number of para-hydroxylation sites is 1. The summed E-state index contributed by atoms with van der Waals surface area (Å²) < 4.78 is 69.7. The minimum Gasteiger partial charge on any atom is -0.310 e. The number of rotatable bonds is 4. The molecule has 0 aliphatic carbocycles. The molecule has 0 atom stereocenters. The van der Waals surface area contributed by atoms with Gasteiger partial charge in [-0.05, 0) is 12.8 Å². The fourth-order valence-corrected chi connectivity index (χ4v) is 2.87. The van der Waals surface area contributed by atoms with Gasteiger partial charge in [0.2, 0.25) is 0 Å². The largest absolute Gasteiger partial charge is 0.310 e. The summed E-state index contributed by atoms with van der Waals surface area (Å²) in [6.45, 7) is 2.17. The smallest absolute Gasteiger partial charge is 0.200 e. The average molecular weight is 354 g/mol. The van der Waals surface area contributed by atoms with E-state index in [0.29, 0.717) is 16.6 Å². The van der Waals surface area contributed by atoms with E-state index in [1.165, 1.54) is 0 Å². The van der Waals surface area contributed by atoms with Gasteiger partial charge in [-0.1, -0.05) is 32.0 Å². The highest BCUT2D eigenvalue weighted by Crippen LogP contribution is 2.19. The first kappa shape index (κ1) is 19.2. The van der Waals surface area contributed by atoms with Gasteiger partial charge in [0.15, 0.2) is 17.5 Å². The maximum absolute atomic E-state index is 14.4. The van der Waals surface area contributed by atoms with Crippen molar-refractivity contribution in [1.29, 1.82) is 0 Å². The zero-order valence-corrected chi connectivity index (χ0v) is 14.4. The molecule has 7 heteroatoms. The lowest BCUT2D eigenvalue weighted by atomic mass is 9.36. The fraction of sp³-hybridized carbons (Fsp3) is 0.222. The number of benzene rings is 2. The van der Waals surface area contributed by atoms with Crippen LogP contribution in [0.1, 0.15) is 13.8 Å². The van der Waals surface area contributed by atoms with E-state index in [0.717, 1.165) is 4.90 Å². The predicted octanol–water partition coefficient (Wildman–Crippen LogP) is 2.27. The van der Waals surface area contributed by atoms with Crippen LogP contribution in [0, 0.1) is 29.1 Å². The Morgan fingerprint density at radius 3 is 1.84 bits per heavy atom. The molecule has 0 aromatic heterocycles. The number of quaternary nitrogens is 1. The SMILES string of the molecule is C/C=C(\C)[B-](c1ccccc1[NH+](C)C)c1c(F)c(F)c(F)c(F)c1F. The van der Waals surface area contributed by atoms with Crippen molar-refractivity contribution in [2.45, 2.75) is 13.8 Å². The molecule has 0 bridgehead atoms. The lowest BCUT2D eigenvalue weighted by molar-refractivity contribution is -0.785. The first-order valence-electron chi connectivity index (χ1n) is 7.75. The monoisotopic (exact) mass is 354 g/mol. The van der Waals surface area contributed by atoms with Crippen molar-refractivity contribution in [2.24, 2.45) is 0 Å². The molecule has 0 amide bonds. The second kappa shape index (κ2) is 7.39. The molecular weight excluding hydrogens is 336 g/mol. The van der Waals surface area contributed by atoms with Crippen LogP contribution in [0.3, 0.4) is 0 Å². The molecule has 1 nitrogen and oxygen atoms in total. The topological polar surface area (TPSA) is 4.44 Å². The summed E-state index contributed by atoms with van der Waals surface area (Å²) in [5, 5.41) is 0. The van der Waals surface area contributed by atoms with Crippen LogP contribution in [0.25, 0.3) is 0 Å². The van der Waals surface area contributed by atoms with E-state index in [2.05, 4.69) is 0 Å². The van der Waals surface area contributed by atoms with Gasteiger partial charge < -0.3 is 4.90 Å². The van der Waals surface area contributed by atoms with Crippen molar-refractivity contribution in [1.82, 2.24) is 0 Å². The highest BCUT2D eigenvalue weighted by molar-refractivity contribution is 6.91. The third kappa shape index (κ3) is 3.33. The van der Waals surface area contributed by atoms with Gasteiger partial charge in [-0.2, -0.15) is 10.9 Å². The molecular formula is C18H18BF5N. The Morgan fingerprint density at radius 2 is 1.36 bits per heavy atom. The molecule has 0 spiro atoms. The first-order chi connectivity index (χ1) is 11.7. The van der Waals surface area contributed by atoms with Crippen molar-refractivity contribution in [2.75, 3.05) is 14.1 Å². The Hall–Kier alpha value is -2.15. The summed E-state index contributed by atoms with van der Waals surface area (Å²) in [6.07, 6.45) is 1.60. The van der Waals surface area contributed by atoms with Gasteiger partial charge >= 0.3 is 0 Å². The van der Waals surface area contributed by atoms with E-state index in [-0.39, 0.29) is 0 Å². The van der Waals surface area contributed by atoms with Gasteiger partial charge in [0.25, 0.3) is 0 Å². The van der Waals surface area contributed by atoms with E-state index >= 15 is 0 Å². The molecule has 1 N–H and O–H groups in total. The Bertz CT molecular complexity index is 803. The molecule has 0 aliphatic heterocycles. The van der Waals surface area contributed by atoms with Crippen LogP contribution in [0.5, 0.6) is 0 Å². The number of hydrogen-bond donors (Lipinski definition) is 1. The van der Waals surface area contributed by atoms with Crippen molar-refractivity contribution < 1.29 is 26.9 Å². The summed E-state index contributed by atoms with van der Waals surface area (Å²) in [6, 6.07) is 6.82. The molecule has 0 heterocycles. The van der Waals surface area contributed by atoms with Gasteiger partial charge in [0.05, 0.1) is 19.8 Å². The molecule has 0 saturated carbocycles. The molecule has 2 aromatic carbocycles. The van der Waals surface area contributed by atoms with Crippen LogP contribution in [0.4, 0.5) is 27.6 Å². The van der Waals surface area contributed by atoms with Crippen LogP contribution in [-0.2, 0) is 0 Å². The predicted molar refractivity (Wildman–Crippen MR) is 89.6 cm³/mol. The molecule has 0 aliphatic rings. The molecule has 25 heavy (non-hydrogen) atoms. The minimum absolute atomic E-state index is 0.483. The first-order valence-corrected chi connectivity index (χ1v) is 7.75. The average Bonchev–Trinajstić information content (AvgIpc) is 2.61. The van der Waals surface area contributed by atoms with Crippen molar-refractivity contribution in [3.05, 3.63) is 64.9 Å². The third-order valence-corrected chi connectivity index (χ3v) is 4.25. The van der Waals surface area contributed by atoms with E-state index in [4.69, 9.17) is 0 Å². The van der Waals surface area contributed by atoms with Gasteiger partial charge in [-0.25, -0.2) is 22.0 Å². The summed E-state index contributed by atoms with van der Waals surface area (Å²) in [4.78, 5) is 0.869. The molecule has 2 aromatic rings. The lowest BCUT2D eigenvalue weighted by Gasteiger charge is -2.33. The normalized spacial score (nSPS) is 12.4. The van der Waals surface area contributed by atoms with Gasteiger partial charge in [-0.15, -0.1) is 6.08 Å². The molecule has 0 unspecified atom stereocenters.